The van der Waals surface area contributed by atoms with Crippen LogP contribution in [0.3, 0.4) is 0 Å². The summed E-state index contributed by atoms with van der Waals surface area (Å²) in [4.78, 5) is 11.8. The molecule has 0 aliphatic rings. The molecule has 1 atom stereocenters. The first-order valence-corrected chi connectivity index (χ1v) is 5.36. The number of esters is 1. The minimum absolute atomic E-state index is 0.309. The molecule has 0 aromatic rings. The fourth-order valence-corrected chi connectivity index (χ4v) is 1.71. The quantitative estimate of drug-likeness (QED) is 0.516. The first kappa shape index (κ1) is 13.7. The molecule has 0 unspecified atom stereocenters. The van der Waals surface area contributed by atoms with Gasteiger partial charge in [0.05, 0.1) is 12.7 Å². The molecule has 15 heavy (non-hydrogen) atoms. The van der Waals surface area contributed by atoms with Gasteiger partial charge in [-0.3, -0.25) is 0 Å². The van der Waals surface area contributed by atoms with Gasteiger partial charge in [-0.1, -0.05) is 19.9 Å². The number of hydrogen-bond acceptors (Lipinski definition) is 3. The molecule has 0 aromatic carbocycles. The maximum atomic E-state index is 11.8. The number of ether oxygens (including phenoxy) is 1. The summed E-state index contributed by atoms with van der Waals surface area (Å²) in [5.74, 6) is -0.426. The number of nitrogens with zero attached hydrogens (tertiary/aromatic N) is 1. The fourth-order valence-electron chi connectivity index (χ4n) is 1.71. The minimum atomic E-state index is -1.08. The summed E-state index contributed by atoms with van der Waals surface area (Å²) in [7, 11) is 0. The average Bonchev–Trinajstić information content (AvgIpc) is 2.26. The lowest BCUT2D eigenvalue weighted by atomic mass is 9.77. The molecule has 0 heterocycles. The predicted octanol–water partition coefficient (Wildman–Crippen LogP) is 2.83. The van der Waals surface area contributed by atoms with Crippen molar-refractivity contribution in [1.29, 1.82) is 5.26 Å². The van der Waals surface area contributed by atoms with Crippen LogP contribution in [0.4, 0.5) is 0 Å². The Kier molecular flexibility index (Phi) is 5.69. The van der Waals surface area contributed by atoms with E-state index in [1.54, 1.807) is 6.92 Å². The Hall–Kier alpha value is -1.30. The molecule has 0 rings (SSSR count). The molecular weight excluding hydrogens is 190 g/mol. The first-order chi connectivity index (χ1) is 7.12. The van der Waals surface area contributed by atoms with Crippen molar-refractivity contribution < 1.29 is 9.53 Å². The number of allylic oxidation sites excluding steroid dienone is 1. The van der Waals surface area contributed by atoms with E-state index >= 15 is 0 Å². The van der Waals surface area contributed by atoms with Crippen LogP contribution in [0.5, 0.6) is 0 Å². The zero-order valence-electron chi connectivity index (χ0n) is 9.96. The molecule has 0 aliphatic heterocycles. The monoisotopic (exact) mass is 209 g/mol. The third-order valence-electron chi connectivity index (χ3n) is 2.62. The van der Waals surface area contributed by atoms with Crippen LogP contribution in [-0.2, 0) is 9.53 Å². The van der Waals surface area contributed by atoms with Crippen molar-refractivity contribution in [3.63, 3.8) is 0 Å². The molecular formula is C12H19NO2. The van der Waals surface area contributed by atoms with Crippen molar-refractivity contribution in [2.24, 2.45) is 5.41 Å². The Morgan fingerprint density at radius 2 is 2.07 bits per heavy atom. The van der Waals surface area contributed by atoms with Gasteiger partial charge in [0.2, 0.25) is 0 Å². The third-order valence-corrected chi connectivity index (χ3v) is 2.62. The topological polar surface area (TPSA) is 50.1 Å². The van der Waals surface area contributed by atoms with E-state index in [-0.39, 0.29) is 0 Å². The molecule has 0 saturated carbocycles. The maximum absolute atomic E-state index is 11.8. The molecule has 0 saturated heterocycles. The van der Waals surface area contributed by atoms with E-state index in [9.17, 15) is 10.1 Å². The smallest absolute Gasteiger partial charge is 0.330 e. The van der Waals surface area contributed by atoms with E-state index in [2.05, 4.69) is 6.07 Å². The molecule has 0 fully saturated rings. The number of carbonyl (C=O) groups excluding carboxylic acids is 1. The van der Waals surface area contributed by atoms with Crippen LogP contribution >= 0.6 is 0 Å². The molecule has 0 bridgehead atoms. The van der Waals surface area contributed by atoms with E-state index in [0.717, 1.165) is 5.57 Å². The van der Waals surface area contributed by atoms with Gasteiger partial charge in [-0.25, -0.2) is 4.79 Å². The van der Waals surface area contributed by atoms with Crippen molar-refractivity contribution in [3.05, 3.63) is 11.6 Å². The average molecular weight is 209 g/mol. The lowest BCUT2D eigenvalue weighted by Crippen LogP contribution is -2.33. The molecule has 0 aliphatic carbocycles. The van der Waals surface area contributed by atoms with Crippen LogP contribution < -0.4 is 0 Å². The molecule has 0 spiro atoms. The summed E-state index contributed by atoms with van der Waals surface area (Å²) in [6.45, 7) is 7.68. The number of rotatable bonds is 5. The number of nitriles is 1. The Morgan fingerprint density at radius 1 is 1.47 bits per heavy atom. The summed E-state index contributed by atoms with van der Waals surface area (Å²) in [5.41, 5.74) is -0.245. The van der Waals surface area contributed by atoms with Crippen LogP contribution in [0.25, 0.3) is 0 Å². The Labute approximate surface area is 91.7 Å². The normalized spacial score (nSPS) is 15.3. The lowest BCUT2D eigenvalue weighted by molar-refractivity contribution is -0.150. The van der Waals surface area contributed by atoms with Gasteiger partial charge < -0.3 is 4.74 Å². The molecule has 3 heteroatoms. The van der Waals surface area contributed by atoms with Crippen LogP contribution in [0.1, 0.15) is 40.5 Å². The minimum Gasteiger partial charge on any atom is -0.465 e. The van der Waals surface area contributed by atoms with Crippen LogP contribution in [0, 0.1) is 16.7 Å². The zero-order valence-corrected chi connectivity index (χ0v) is 9.96. The lowest BCUT2D eigenvalue weighted by Gasteiger charge is -2.25. The highest BCUT2D eigenvalue weighted by Gasteiger charge is 2.41. The first-order valence-electron chi connectivity index (χ1n) is 5.36. The highest BCUT2D eigenvalue weighted by atomic mass is 16.5. The van der Waals surface area contributed by atoms with Gasteiger partial charge >= 0.3 is 5.97 Å². The maximum Gasteiger partial charge on any atom is 0.330 e. The van der Waals surface area contributed by atoms with Crippen molar-refractivity contribution in [1.82, 2.24) is 0 Å². The van der Waals surface area contributed by atoms with Crippen molar-refractivity contribution in [2.75, 3.05) is 6.61 Å². The zero-order chi connectivity index (χ0) is 11.9. The largest absolute Gasteiger partial charge is 0.465 e. The highest BCUT2D eigenvalue weighted by Crippen LogP contribution is 2.34. The summed E-state index contributed by atoms with van der Waals surface area (Å²) < 4.78 is 4.97. The van der Waals surface area contributed by atoms with Gasteiger partial charge in [-0.05, 0) is 32.3 Å². The van der Waals surface area contributed by atoms with E-state index < -0.39 is 11.4 Å². The molecule has 3 nitrogen and oxygen atoms in total. The Bertz CT molecular complexity index is 288. The number of hydrogen-bond donors (Lipinski definition) is 0. The SMILES string of the molecule is C/C=C(\CC)[C@@](C#N)(CC)C(=O)OCC. The van der Waals surface area contributed by atoms with Gasteiger partial charge in [0.1, 0.15) is 0 Å². The second-order valence-electron chi connectivity index (χ2n) is 3.26. The van der Waals surface area contributed by atoms with E-state index in [1.807, 2.05) is 26.8 Å². The Balaban J connectivity index is 5.24. The van der Waals surface area contributed by atoms with Crippen molar-refractivity contribution in [2.45, 2.75) is 40.5 Å². The van der Waals surface area contributed by atoms with E-state index in [1.165, 1.54) is 0 Å². The van der Waals surface area contributed by atoms with Crippen LogP contribution in [0.15, 0.2) is 11.6 Å². The summed E-state index contributed by atoms with van der Waals surface area (Å²) >= 11 is 0. The standard InChI is InChI=1S/C12H19NO2/c1-5-10(6-2)12(7-3,9-13)11(14)15-8-4/h5H,6-8H2,1-4H3/b10-5+/t12-/m0/s1. The second-order valence-corrected chi connectivity index (χ2v) is 3.26. The van der Waals surface area contributed by atoms with Crippen molar-refractivity contribution >= 4 is 5.97 Å². The van der Waals surface area contributed by atoms with Gasteiger partial charge in [0.15, 0.2) is 5.41 Å². The van der Waals surface area contributed by atoms with E-state index in [4.69, 9.17) is 4.74 Å². The van der Waals surface area contributed by atoms with Gasteiger partial charge in [-0.15, -0.1) is 0 Å². The predicted molar refractivity (Wildman–Crippen MR) is 59.0 cm³/mol. The highest BCUT2D eigenvalue weighted by molar-refractivity contribution is 5.83. The van der Waals surface area contributed by atoms with Gasteiger partial charge in [0.25, 0.3) is 0 Å². The van der Waals surface area contributed by atoms with Crippen molar-refractivity contribution in [3.8, 4) is 6.07 Å². The number of carbonyl (C=O) groups is 1. The third kappa shape index (κ3) is 2.59. The van der Waals surface area contributed by atoms with Crippen LogP contribution in [-0.4, -0.2) is 12.6 Å². The second kappa shape index (κ2) is 6.23. The summed E-state index contributed by atoms with van der Waals surface area (Å²) in [6, 6.07) is 2.11. The molecule has 84 valence electrons. The Morgan fingerprint density at radius 3 is 2.33 bits per heavy atom. The molecule has 0 N–H and O–H groups in total. The van der Waals surface area contributed by atoms with Gasteiger partial charge in [-0.2, -0.15) is 5.26 Å². The van der Waals surface area contributed by atoms with Crippen LogP contribution in [0.2, 0.25) is 0 Å². The molecule has 0 radical (unpaired) electrons. The summed E-state index contributed by atoms with van der Waals surface area (Å²) in [6.07, 6.45) is 2.98. The molecule has 0 amide bonds. The van der Waals surface area contributed by atoms with Gasteiger partial charge in [0, 0.05) is 0 Å². The summed E-state index contributed by atoms with van der Waals surface area (Å²) in [5, 5.41) is 9.21. The molecule has 0 aromatic heterocycles. The van der Waals surface area contributed by atoms with E-state index in [0.29, 0.717) is 19.4 Å². The fraction of sp³-hybridized carbons (Fsp3) is 0.667.